The lowest BCUT2D eigenvalue weighted by molar-refractivity contribution is 0.202. The summed E-state index contributed by atoms with van der Waals surface area (Å²) in [5.41, 5.74) is 1.06. The van der Waals surface area contributed by atoms with Gasteiger partial charge in [-0.05, 0) is 19.1 Å². The number of carboxylic acid groups (broad SMARTS) is 1. The summed E-state index contributed by atoms with van der Waals surface area (Å²) in [6.45, 7) is 1.83. The quantitative estimate of drug-likeness (QED) is 0.711. The van der Waals surface area contributed by atoms with Crippen LogP contribution in [0.3, 0.4) is 0 Å². The second-order valence-electron chi connectivity index (χ2n) is 4.64. The molecular weight excluding hydrogens is 332 g/mol. The molecule has 0 saturated carbocycles. The van der Waals surface area contributed by atoms with Crippen molar-refractivity contribution in [3.05, 3.63) is 34.2 Å². The molecule has 2 heterocycles. The molecule has 0 radical (unpaired) electrons. The Hall–Kier alpha value is -2.05. The van der Waals surface area contributed by atoms with E-state index in [9.17, 15) is 14.3 Å². The molecule has 8 heteroatoms. The highest BCUT2D eigenvalue weighted by molar-refractivity contribution is 6.46. The number of rotatable bonds is 2. The number of halogens is 3. The van der Waals surface area contributed by atoms with Gasteiger partial charge in [0, 0.05) is 23.5 Å². The number of nitrogens with one attached hydrogen (secondary N) is 1. The summed E-state index contributed by atoms with van der Waals surface area (Å²) < 4.78 is 14.0. The molecular formula is C14H10Cl2FN3O2. The molecule has 0 bridgehead atoms. The predicted octanol–water partition coefficient (Wildman–Crippen LogP) is 4.67. The Balaban J connectivity index is 2.45. The van der Waals surface area contributed by atoms with Gasteiger partial charge in [0.2, 0.25) is 0 Å². The summed E-state index contributed by atoms with van der Waals surface area (Å²) in [5, 5.41) is 10.7. The van der Waals surface area contributed by atoms with E-state index in [1.54, 1.807) is 6.92 Å². The number of aromatic nitrogens is 2. The summed E-state index contributed by atoms with van der Waals surface area (Å²) in [5.74, 6) is -0.570. The smallest absolute Gasteiger partial charge is 0.411 e. The lowest BCUT2D eigenvalue weighted by Crippen LogP contribution is -2.29. The van der Waals surface area contributed by atoms with E-state index < -0.39 is 11.9 Å². The monoisotopic (exact) mass is 341 g/mol. The summed E-state index contributed by atoms with van der Waals surface area (Å²) in [6.07, 6.45) is 0.206. The van der Waals surface area contributed by atoms with Crippen LogP contribution in [0.5, 0.6) is 0 Å². The number of fused-ring (bicyclic) bond motifs is 3. The van der Waals surface area contributed by atoms with Crippen molar-refractivity contribution in [2.75, 3.05) is 11.4 Å². The lowest BCUT2D eigenvalue weighted by atomic mass is 10.1. The second kappa shape index (κ2) is 5.30. The number of anilines is 1. The third-order valence-electron chi connectivity index (χ3n) is 3.41. The first kappa shape index (κ1) is 14.9. The van der Waals surface area contributed by atoms with Gasteiger partial charge in [-0.1, -0.05) is 23.2 Å². The van der Waals surface area contributed by atoms with Crippen LogP contribution in [0.25, 0.3) is 21.9 Å². The van der Waals surface area contributed by atoms with E-state index >= 15 is 0 Å². The summed E-state index contributed by atoms with van der Waals surface area (Å²) in [4.78, 5) is 19.5. The SMILES string of the molecule is CCN(C(=O)O)c1cc(F)cc2c1[nH]c1ncc(Cl)c(Cl)c12. The van der Waals surface area contributed by atoms with Crippen LogP contribution in [-0.2, 0) is 0 Å². The van der Waals surface area contributed by atoms with E-state index in [0.29, 0.717) is 21.9 Å². The first-order valence-corrected chi connectivity index (χ1v) is 7.15. The Morgan fingerprint density at radius 2 is 2.18 bits per heavy atom. The molecule has 5 nitrogen and oxygen atoms in total. The number of aromatic amines is 1. The third-order valence-corrected chi connectivity index (χ3v) is 4.18. The molecule has 0 unspecified atom stereocenters. The first-order valence-electron chi connectivity index (χ1n) is 6.39. The van der Waals surface area contributed by atoms with Crippen molar-refractivity contribution in [3.8, 4) is 0 Å². The second-order valence-corrected chi connectivity index (χ2v) is 5.43. The lowest BCUT2D eigenvalue weighted by Gasteiger charge is -2.18. The third kappa shape index (κ3) is 2.15. The average Bonchev–Trinajstić information content (AvgIpc) is 2.82. The van der Waals surface area contributed by atoms with Gasteiger partial charge < -0.3 is 10.1 Å². The number of H-pyrrole nitrogens is 1. The number of hydrogen-bond donors (Lipinski definition) is 2. The van der Waals surface area contributed by atoms with Crippen molar-refractivity contribution in [2.45, 2.75) is 6.92 Å². The van der Waals surface area contributed by atoms with Gasteiger partial charge in [0.1, 0.15) is 11.5 Å². The zero-order valence-corrected chi connectivity index (χ0v) is 12.8. The highest BCUT2D eigenvalue weighted by Gasteiger charge is 2.21. The molecule has 0 aliphatic heterocycles. The normalized spacial score (nSPS) is 11.3. The van der Waals surface area contributed by atoms with E-state index in [1.165, 1.54) is 12.3 Å². The fourth-order valence-corrected chi connectivity index (χ4v) is 2.85. The number of benzene rings is 1. The Kier molecular flexibility index (Phi) is 3.58. The van der Waals surface area contributed by atoms with Crippen LogP contribution in [-0.4, -0.2) is 27.7 Å². The molecule has 0 fully saturated rings. The number of carbonyl (C=O) groups is 1. The number of amides is 1. The molecule has 3 aromatic rings. The van der Waals surface area contributed by atoms with Gasteiger partial charge in [0.05, 0.1) is 21.2 Å². The molecule has 0 aliphatic rings. The van der Waals surface area contributed by atoms with E-state index in [2.05, 4.69) is 9.97 Å². The predicted molar refractivity (Wildman–Crippen MR) is 84.6 cm³/mol. The molecule has 1 amide bonds. The molecule has 1 aromatic carbocycles. The number of nitrogens with zero attached hydrogens (tertiary/aromatic N) is 2. The maximum atomic E-state index is 14.0. The van der Waals surface area contributed by atoms with Crippen LogP contribution in [0.2, 0.25) is 10.0 Å². The molecule has 3 rings (SSSR count). The van der Waals surface area contributed by atoms with Gasteiger partial charge >= 0.3 is 6.09 Å². The van der Waals surface area contributed by atoms with Gasteiger partial charge in [0.15, 0.2) is 0 Å². The van der Waals surface area contributed by atoms with Gasteiger partial charge in [-0.2, -0.15) is 0 Å². The Morgan fingerprint density at radius 3 is 2.82 bits per heavy atom. The Bertz CT molecular complexity index is 910. The molecule has 2 N–H and O–H groups in total. The summed E-state index contributed by atoms with van der Waals surface area (Å²) in [7, 11) is 0. The van der Waals surface area contributed by atoms with Crippen molar-refractivity contribution in [1.29, 1.82) is 0 Å². The van der Waals surface area contributed by atoms with Crippen molar-refractivity contribution in [3.63, 3.8) is 0 Å². The fraction of sp³-hybridized carbons (Fsp3) is 0.143. The molecule has 0 spiro atoms. The Morgan fingerprint density at radius 1 is 1.45 bits per heavy atom. The maximum Gasteiger partial charge on any atom is 0.411 e. The van der Waals surface area contributed by atoms with Gasteiger partial charge in [0.25, 0.3) is 0 Å². The van der Waals surface area contributed by atoms with Crippen LogP contribution in [0, 0.1) is 5.82 Å². The van der Waals surface area contributed by atoms with Crippen LogP contribution in [0.4, 0.5) is 14.9 Å². The minimum absolute atomic E-state index is 0.172. The topological polar surface area (TPSA) is 69.2 Å². The van der Waals surface area contributed by atoms with E-state index in [4.69, 9.17) is 23.2 Å². The minimum Gasteiger partial charge on any atom is -0.465 e. The van der Waals surface area contributed by atoms with E-state index in [0.717, 1.165) is 11.0 Å². The van der Waals surface area contributed by atoms with Crippen LogP contribution in [0.1, 0.15) is 6.92 Å². The summed E-state index contributed by atoms with van der Waals surface area (Å²) >= 11 is 12.1. The maximum absolute atomic E-state index is 14.0. The van der Waals surface area contributed by atoms with Crippen molar-refractivity contribution in [2.24, 2.45) is 0 Å². The molecule has 0 saturated heterocycles. The van der Waals surface area contributed by atoms with Crippen LogP contribution >= 0.6 is 23.2 Å². The van der Waals surface area contributed by atoms with Crippen molar-refractivity contribution in [1.82, 2.24) is 9.97 Å². The first-order chi connectivity index (χ1) is 10.4. The van der Waals surface area contributed by atoms with Gasteiger partial charge in [-0.15, -0.1) is 0 Å². The molecule has 22 heavy (non-hydrogen) atoms. The van der Waals surface area contributed by atoms with Crippen molar-refractivity contribution >= 4 is 56.9 Å². The van der Waals surface area contributed by atoms with Gasteiger partial charge in [-0.25, -0.2) is 14.2 Å². The number of pyridine rings is 1. The zero-order valence-electron chi connectivity index (χ0n) is 11.3. The zero-order chi connectivity index (χ0) is 16.0. The van der Waals surface area contributed by atoms with E-state index in [-0.39, 0.29) is 22.3 Å². The molecule has 2 aromatic heterocycles. The van der Waals surface area contributed by atoms with Crippen LogP contribution in [0.15, 0.2) is 18.3 Å². The number of hydrogen-bond acceptors (Lipinski definition) is 2. The largest absolute Gasteiger partial charge is 0.465 e. The molecule has 0 atom stereocenters. The van der Waals surface area contributed by atoms with Crippen LogP contribution < -0.4 is 4.90 Å². The van der Waals surface area contributed by atoms with Crippen molar-refractivity contribution < 1.29 is 14.3 Å². The summed E-state index contributed by atoms with van der Waals surface area (Å²) in [6, 6.07) is 2.43. The van der Waals surface area contributed by atoms with Gasteiger partial charge in [-0.3, -0.25) is 4.90 Å². The average molecular weight is 342 g/mol. The highest BCUT2D eigenvalue weighted by atomic mass is 35.5. The molecule has 114 valence electrons. The Labute approximate surface area is 134 Å². The van der Waals surface area contributed by atoms with E-state index in [1.807, 2.05) is 0 Å². The highest BCUT2D eigenvalue weighted by Crippen LogP contribution is 2.38. The fourth-order valence-electron chi connectivity index (χ4n) is 2.47. The minimum atomic E-state index is -1.18. The molecule has 0 aliphatic carbocycles. The standard InChI is InChI=1S/C14H10Cl2FN3O2/c1-2-20(14(21)22)9-4-6(17)3-7-10-11(16)8(15)5-18-13(10)19-12(7)9/h3-5H,2H2,1H3,(H,18,19)(H,21,22).